The number of allylic oxidation sites excluding steroid dienone is 2. The second-order valence-corrected chi connectivity index (χ2v) is 6.88. The number of furan rings is 1. The molecule has 0 amide bonds. The maximum Gasteiger partial charge on any atom is 0.137 e. The smallest absolute Gasteiger partial charge is 0.137 e. The zero-order chi connectivity index (χ0) is 18.4. The van der Waals surface area contributed by atoms with E-state index in [1.807, 2.05) is 48.5 Å². The van der Waals surface area contributed by atoms with Crippen LogP contribution in [0.3, 0.4) is 0 Å². The molecule has 1 atom stereocenters. The molecule has 1 heterocycles. The molecule has 0 aliphatic heterocycles. The highest BCUT2D eigenvalue weighted by Crippen LogP contribution is 2.30. The number of aliphatic hydroxyl groups excluding tert-OH is 1. The van der Waals surface area contributed by atoms with Gasteiger partial charge in [-0.2, -0.15) is 0 Å². The second kappa shape index (κ2) is 8.68. The van der Waals surface area contributed by atoms with E-state index in [0.717, 1.165) is 35.5 Å². The lowest BCUT2D eigenvalue weighted by molar-refractivity contribution is 0.171. The third-order valence-electron chi connectivity index (χ3n) is 4.44. The quantitative estimate of drug-likeness (QED) is 0.523. The minimum atomic E-state index is -0.559. The zero-order valence-corrected chi connectivity index (χ0v) is 15.5. The summed E-state index contributed by atoms with van der Waals surface area (Å²) in [7, 11) is 0. The number of hydrogen-bond acceptors (Lipinski definition) is 2. The average molecular weight is 346 g/mol. The molecule has 0 spiro atoms. The first-order chi connectivity index (χ1) is 12.6. The standard InChI is InChI=1S/C24H26O2/c1-18(2)10-9-15-21-16-22(17-23(25)19-11-5-3-6-12-19)26-24(21)20-13-7-4-8-14-20/h3-8,10-14,16,23,25H,9,15,17H2,1-2H3. The first-order valence-corrected chi connectivity index (χ1v) is 9.17. The van der Waals surface area contributed by atoms with Crippen molar-refractivity contribution in [2.24, 2.45) is 0 Å². The van der Waals surface area contributed by atoms with Gasteiger partial charge in [0.25, 0.3) is 0 Å². The van der Waals surface area contributed by atoms with E-state index in [1.54, 1.807) is 0 Å². The summed E-state index contributed by atoms with van der Waals surface area (Å²) in [5.74, 6) is 1.75. The summed E-state index contributed by atoms with van der Waals surface area (Å²) in [5, 5.41) is 10.5. The van der Waals surface area contributed by atoms with Gasteiger partial charge in [0, 0.05) is 12.0 Å². The van der Waals surface area contributed by atoms with Crippen LogP contribution >= 0.6 is 0 Å². The molecule has 26 heavy (non-hydrogen) atoms. The van der Waals surface area contributed by atoms with Gasteiger partial charge in [-0.25, -0.2) is 0 Å². The fourth-order valence-corrected chi connectivity index (χ4v) is 3.11. The molecule has 0 fully saturated rings. The van der Waals surface area contributed by atoms with Crippen LogP contribution in [0.5, 0.6) is 0 Å². The van der Waals surface area contributed by atoms with Crippen molar-refractivity contribution >= 4 is 0 Å². The van der Waals surface area contributed by atoms with Crippen molar-refractivity contribution < 1.29 is 9.52 Å². The molecule has 1 aromatic heterocycles. The summed E-state index contributed by atoms with van der Waals surface area (Å²) >= 11 is 0. The van der Waals surface area contributed by atoms with E-state index in [-0.39, 0.29) is 0 Å². The Balaban J connectivity index is 1.84. The number of aliphatic hydroxyl groups is 1. The molecule has 1 unspecified atom stereocenters. The highest BCUT2D eigenvalue weighted by Gasteiger charge is 2.16. The molecule has 3 aromatic rings. The predicted molar refractivity (Wildman–Crippen MR) is 107 cm³/mol. The molecule has 0 saturated carbocycles. The van der Waals surface area contributed by atoms with Gasteiger partial charge in [-0.1, -0.05) is 72.3 Å². The van der Waals surface area contributed by atoms with Gasteiger partial charge in [0.2, 0.25) is 0 Å². The van der Waals surface area contributed by atoms with Crippen LogP contribution in [0.2, 0.25) is 0 Å². The van der Waals surface area contributed by atoms with Gasteiger partial charge in [-0.3, -0.25) is 0 Å². The van der Waals surface area contributed by atoms with Crippen LogP contribution in [0, 0.1) is 0 Å². The summed E-state index contributed by atoms with van der Waals surface area (Å²) in [6.45, 7) is 4.24. The van der Waals surface area contributed by atoms with Crippen molar-refractivity contribution in [1.29, 1.82) is 0 Å². The van der Waals surface area contributed by atoms with Gasteiger partial charge in [0.05, 0.1) is 6.10 Å². The number of hydrogen-bond donors (Lipinski definition) is 1. The summed E-state index contributed by atoms with van der Waals surface area (Å²) in [5.41, 5.74) is 4.52. The van der Waals surface area contributed by atoms with Crippen LogP contribution < -0.4 is 0 Å². The Morgan fingerprint density at radius 1 is 1.00 bits per heavy atom. The van der Waals surface area contributed by atoms with Crippen LogP contribution in [0.25, 0.3) is 11.3 Å². The largest absolute Gasteiger partial charge is 0.461 e. The van der Waals surface area contributed by atoms with Crippen molar-refractivity contribution in [3.8, 4) is 11.3 Å². The van der Waals surface area contributed by atoms with Crippen LogP contribution in [0.1, 0.15) is 43.3 Å². The normalized spacial score (nSPS) is 12.0. The van der Waals surface area contributed by atoms with Crippen molar-refractivity contribution in [2.75, 3.05) is 0 Å². The fourth-order valence-electron chi connectivity index (χ4n) is 3.11. The number of aryl methyl sites for hydroxylation is 1. The highest BCUT2D eigenvalue weighted by molar-refractivity contribution is 5.62. The minimum Gasteiger partial charge on any atom is -0.461 e. The molecular formula is C24H26O2. The molecule has 2 aromatic carbocycles. The molecule has 2 heteroatoms. The highest BCUT2D eigenvalue weighted by atomic mass is 16.3. The SMILES string of the molecule is CC(C)=CCCc1cc(CC(O)c2ccccc2)oc1-c1ccccc1. The Morgan fingerprint density at radius 2 is 1.65 bits per heavy atom. The zero-order valence-electron chi connectivity index (χ0n) is 15.5. The molecule has 0 bridgehead atoms. The van der Waals surface area contributed by atoms with Gasteiger partial charge in [-0.05, 0) is 43.9 Å². The van der Waals surface area contributed by atoms with E-state index in [4.69, 9.17) is 4.42 Å². The lowest BCUT2D eigenvalue weighted by Gasteiger charge is -2.08. The maximum atomic E-state index is 10.5. The van der Waals surface area contributed by atoms with E-state index in [2.05, 4.69) is 38.1 Å². The van der Waals surface area contributed by atoms with Gasteiger partial charge in [-0.15, -0.1) is 0 Å². The summed E-state index contributed by atoms with van der Waals surface area (Å²) in [6.07, 6.45) is 4.09. The molecule has 1 N–H and O–H groups in total. The molecule has 0 aliphatic rings. The molecule has 0 saturated heterocycles. The topological polar surface area (TPSA) is 33.4 Å². The van der Waals surface area contributed by atoms with E-state index >= 15 is 0 Å². The first-order valence-electron chi connectivity index (χ1n) is 9.17. The molecule has 134 valence electrons. The van der Waals surface area contributed by atoms with E-state index in [1.165, 1.54) is 11.1 Å². The average Bonchev–Trinajstić information content (AvgIpc) is 3.05. The third-order valence-corrected chi connectivity index (χ3v) is 4.44. The number of rotatable bonds is 7. The summed E-state index contributed by atoms with van der Waals surface area (Å²) in [6, 6.07) is 22.0. The van der Waals surface area contributed by atoms with E-state index in [9.17, 15) is 5.11 Å². The molecule has 2 nitrogen and oxygen atoms in total. The Hall–Kier alpha value is -2.58. The van der Waals surface area contributed by atoms with Gasteiger partial charge >= 0.3 is 0 Å². The molecular weight excluding hydrogens is 320 g/mol. The third kappa shape index (κ3) is 4.74. The Bertz CT molecular complexity index is 840. The first kappa shape index (κ1) is 18.2. The lowest BCUT2D eigenvalue weighted by Crippen LogP contribution is -2.00. The Kier molecular flexibility index (Phi) is 6.08. The molecule has 0 radical (unpaired) electrons. The van der Waals surface area contributed by atoms with Gasteiger partial charge < -0.3 is 9.52 Å². The van der Waals surface area contributed by atoms with Crippen LogP contribution in [0.15, 0.2) is 82.8 Å². The Labute approximate surface area is 155 Å². The van der Waals surface area contributed by atoms with Crippen molar-refractivity contribution in [3.63, 3.8) is 0 Å². The predicted octanol–water partition coefficient (Wildman–Crippen LogP) is 6.12. The monoisotopic (exact) mass is 346 g/mol. The minimum absolute atomic E-state index is 0.479. The van der Waals surface area contributed by atoms with E-state index in [0.29, 0.717) is 6.42 Å². The second-order valence-electron chi connectivity index (χ2n) is 6.88. The summed E-state index contributed by atoms with van der Waals surface area (Å²) in [4.78, 5) is 0. The van der Waals surface area contributed by atoms with Crippen LogP contribution in [0.4, 0.5) is 0 Å². The van der Waals surface area contributed by atoms with Crippen LogP contribution in [-0.2, 0) is 12.8 Å². The maximum absolute atomic E-state index is 10.5. The summed E-state index contributed by atoms with van der Waals surface area (Å²) < 4.78 is 6.17. The van der Waals surface area contributed by atoms with Crippen molar-refractivity contribution in [3.05, 3.63) is 95.3 Å². The van der Waals surface area contributed by atoms with Crippen molar-refractivity contribution in [2.45, 2.75) is 39.2 Å². The van der Waals surface area contributed by atoms with Crippen molar-refractivity contribution in [1.82, 2.24) is 0 Å². The lowest BCUT2D eigenvalue weighted by atomic mass is 10.0. The molecule has 0 aliphatic carbocycles. The van der Waals surface area contributed by atoms with Gasteiger partial charge in [0.1, 0.15) is 11.5 Å². The van der Waals surface area contributed by atoms with Gasteiger partial charge in [0.15, 0.2) is 0 Å². The van der Waals surface area contributed by atoms with E-state index < -0.39 is 6.10 Å². The van der Waals surface area contributed by atoms with Crippen LogP contribution in [-0.4, -0.2) is 5.11 Å². The number of benzene rings is 2. The fraction of sp³-hybridized carbons (Fsp3) is 0.250. The Morgan fingerprint density at radius 3 is 2.31 bits per heavy atom. The molecule has 3 rings (SSSR count).